The number of nitrogens with zero attached hydrogens (tertiary/aromatic N) is 3. The molecule has 0 aliphatic rings. The Bertz CT molecular complexity index is 118. The standard InChI is InChI=1S/3Li.3NO3/c;;;3*2-1(3)4/q3*+1;3*-1. The molecule has 15 heavy (non-hydrogen) atoms. The molecule has 0 radical (unpaired) electrons. The summed E-state index contributed by atoms with van der Waals surface area (Å²) < 4.78 is 0. The molecule has 0 fully saturated rings. The quantitative estimate of drug-likeness (QED) is 0.210. The van der Waals surface area contributed by atoms with Crippen molar-refractivity contribution in [2.45, 2.75) is 0 Å². The van der Waals surface area contributed by atoms with Gasteiger partial charge in [-0.2, -0.15) is 0 Å². The monoisotopic (exact) mass is 207 g/mol. The fourth-order valence-electron chi connectivity index (χ4n) is 0. The summed E-state index contributed by atoms with van der Waals surface area (Å²) >= 11 is 0. The Hall–Kier alpha value is -0.608. The van der Waals surface area contributed by atoms with E-state index >= 15 is 0 Å². The Morgan fingerprint density at radius 1 is 0.467 bits per heavy atom. The predicted octanol–water partition coefficient (Wildman–Crippen LogP) is -9.71. The number of hydrogen-bond donors (Lipinski definition) is 0. The van der Waals surface area contributed by atoms with Crippen LogP contribution >= 0.6 is 0 Å². The molecule has 0 saturated carbocycles. The average Bonchev–Trinajstić information content (AvgIpc) is 1.54. The van der Waals surface area contributed by atoms with Crippen molar-refractivity contribution in [1.29, 1.82) is 0 Å². The summed E-state index contributed by atoms with van der Waals surface area (Å²) in [7, 11) is 0. The summed E-state index contributed by atoms with van der Waals surface area (Å²) in [5, 5.41) is 44.2. The van der Waals surface area contributed by atoms with Crippen LogP contribution in [-0.4, -0.2) is 15.3 Å². The summed E-state index contributed by atoms with van der Waals surface area (Å²) in [4.78, 5) is 24.8. The van der Waals surface area contributed by atoms with Crippen molar-refractivity contribution in [3.63, 3.8) is 0 Å². The van der Waals surface area contributed by atoms with Crippen LogP contribution in [0.15, 0.2) is 0 Å². The van der Waals surface area contributed by atoms with Gasteiger partial charge in [-0.15, -0.1) is 0 Å². The zero-order valence-corrected chi connectivity index (χ0v) is 8.02. The maximum atomic E-state index is 8.25. The minimum Gasteiger partial charge on any atom is -0.356 e. The van der Waals surface area contributed by atoms with Crippen LogP contribution < -0.4 is 56.6 Å². The number of hydrogen-bond acceptors (Lipinski definition) is 9. The maximum absolute atomic E-state index is 8.25. The second-order valence-electron chi connectivity index (χ2n) is 0.671. The Kier molecular flexibility index (Phi) is 71.3. The minimum absolute atomic E-state index is 0. The van der Waals surface area contributed by atoms with Gasteiger partial charge in [0.1, 0.15) is 0 Å². The van der Waals surface area contributed by atoms with Gasteiger partial charge in [-0.05, 0) is 0 Å². The molecule has 0 saturated heterocycles. The van der Waals surface area contributed by atoms with Crippen molar-refractivity contribution in [3.8, 4) is 0 Å². The molecule has 0 aromatic carbocycles. The minimum atomic E-state index is -1.75. The molecule has 0 N–H and O–H groups in total. The van der Waals surface area contributed by atoms with Crippen molar-refractivity contribution in [1.82, 2.24) is 0 Å². The van der Waals surface area contributed by atoms with E-state index in [1.54, 1.807) is 0 Å². The molecule has 12 nitrogen and oxygen atoms in total. The molecule has 0 aromatic heterocycles. The van der Waals surface area contributed by atoms with Gasteiger partial charge in [0.2, 0.25) is 0 Å². The molecule has 0 aliphatic heterocycles. The van der Waals surface area contributed by atoms with E-state index < -0.39 is 15.3 Å². The fraction of sp³-hybridized carbons (Fsp3) is 0. The van der Waals surface area contributed by atoms with Gasteiger partial charge < -0.3 is 46.0 Å². The van der Waals surface area contributed by atoms with Gasteiger partial charge >= 0.3 is 56.6 Å². The molecule has 15 heteroatoms. The van der Waals surface area contributed by atoms with E-state index in [0.717, 1.165) is 0 Å². The Balaban J connectivity index is -0.0000000184. The van der Waals surface area contributed by atoms with E-state index in [0.29, 0.717) is 0 Å². The van der Waals surface area contributed by atoms with E-state index in [9.17, 15) is 0 Å². The zero-order chi connectivity index (χ0) is 10.7. The van der Waals surface area contributed by atoms with Crippen LogP contribution in [0.2, 0.25) is 0 Å². The average molecular weight is 207 g/mol. The third-order valence-corrected chi connectivity index (χ3v) is 0. The van der Waals surface area contributed by atoms with Gasteiger partial charge in [-0.3, -0.25) is 0 Å². The van der Waals surface area contributed by atoms with Crippen LogP contribution in [0.1, 0.15) is 0 Å². The predicted molar refractivity (Wildman–Crippen MR) is 31.1 cm³/mol. The van der Waals surface area contributed by atoms with Gasteiger partial charge in [0.15, 0.2) is 0 Å². The summed E-state index contributed by atoms with van der Waals surface area (Å²) in [5.74, 6) is 0. The molecule has 0 spiro atoms. The van der Waals surface area contributed by atoms with Gasteiger partial charge in [0, 0.05) is 0 Å². The number of rotatable bonds is 0. The van der Waals surface area contributed by atoms with Gasteiger partial charge in [-0.1, -0.05) is 0 Å². The molecule has 0 heterocycles. The summed E-state index contributed by atoms with van der Waals surface area (Å²) in [5.41, 5.74) is 0. The van der Waals surface area contributed by atoms with Crippen molar-refractivity contribution >= 4 is 0 Å². The second kappa shape index (κ2) is 29.2. The van der Waals surface area contributed by atoms with Crippen molar-refractivity contribution in [3.05, 3.63) is 46.0 Å². The van der Waals surface area contributed by atoms with Gasteiger partial charge in [-0.25, -0.2) is 0 Å². The van der Waals surface area contributed by atoms with Gasteiger partial charge in [0.05, 0.1) is 15.3 Å². The first-order valence-electron chi connectivity index (χ1n) is 1.64. The van der Waals surface area contributed by atoms with Crippen LogP contribution in [0.25, 0.3) is 0 Å². The molecule has 0 aliphatic carbocycles. The van der Waals surface area contributed by atoms with E-state index in [1.165, 1.54) is 0 Å². The fourth-order valence-corrected chi connectivity index (χ4v) is 0. The van der Waals surface area contributed by atoms with E-state index in [4.69, 9.17) is 46.0 Å². The van der Waals surface area contributed by atoms with E-state index in [-0.39, 0.29) is 56.6 Å². The smallest absolute Gasteiger partial charge is 0.356 e. The molecule has 0 rings (SSSR count). The maximum Gasteiger partial charge on any atom is 1.00 e. The molecule has 0 aromatic rings. The normalized spacial score (nSPS) is 4.80. The van der Waals surface area contributed by atoms with Crippen molar-refractivity contribution in [2.75, 3.05) is 0 Å². The van der Waals surface area contributed by atoms with Crippen LogP contribution in [-0.2, 0) is 0 Å². The summed E-state index contributed by atoms with van der Waals surface area (Å²) in [6.45, 7) is 0. The van der Waals surface area contributed by atoms with Crippen molar-refractivity contribution in [2.24, 2.45) is 0 Å². The second-order valence-corrected chi connectivity index (χ2v) is 0.671. The summed E-state index contributed by atoms with van der Waals surface area (Å²) in [6, 6.07) is 0. The third kappa shape index (κ3) is 4700. The van der Waals surface area contributed by atoms with E-state index in [2.05, 4.69) is 0 Å². The summed E-state index contributed by atoms with van der Waals surface area (Å²) in [6.07, 6.45) is 0. The molecule has 0 unspecified atom stereocenters. The molecule has 0 amide bonds. The Morgan fingerprint density at radius 2 is 0.467 bits per heavy atom. The van der Waals surface area contributed by atoms with Gasteiger partial charge in [0.25, 0.3) is 0 Å². The largest absolute Gasteiger partial charge is 1.00 e. The zero-order valence-electron chi connectivity index (χ0n) is 8.02. The molecular formula is Li3N3O9. The van der Waals surface area contributed by atoms with Crippen molar-refractivity contribution < 1.29 is 71.8 Å². The third-order valence-electron chi connectivity index (χ3n) is 0. The van der Waals surface area contributed by atoms with Crippen LogP contribution in [0, 0.1) is 46.0 Å². The molecule has 72 valence electrons. The van der Waals surface area contributed by atoms with Crippen LogP contribution in [0.4, 0.5) is 0 Å². The Morgan fingerprint density at radius 3 is 0.467 bits per heavy atom. The molecule has 0 atom stereocenters. The van der Waals surface area contributed by atoms with E-state index in [1.807, 2.05) is 0 Å². The SMILES string of the molecule is O=[N+]([O-])[O-].O=[N+]([O-])[O-].O=[N+]([O-])[O-].[Li+].[Li+].[Li+]. The first kappa shape index (κ1) is 36.7. The first-order valence-corrected chi connectivity index (χ1v) is 1.64. The Labute approximate surface area is 117 Å². The van der Waals surface area contributed by atoms with Crippen LogP contribution in [0.3, 0.4) is 0 Å². The van der Waals surface area contributed by atoms with Crippen LogP contribution in [0.5, 0.6) is 0 Å². The molecular weight excluding hydrogens is 207 g/mol. The first-order chi connectivity index (χ1) is 5.20. The topological polar surface area (TPSA) is 199 Å². The molecule has 0 bridgehead atoms.